The highest BCUT2D eigenvalue weighted by Crippen LogP contribution is 2.42. The molecule has 29 heavy (non-hydrogen) atoms. The molecule has 0 aromatic heterocycles. The average molecular weight is 405 g/mol. The molecule has 2 unspecified atom stereocenters. The van der Waals surface area contributed by atoms with Gasteiger partial charge in [-0.2, -0.15) is 0 Å². The maximum absolute atomic E-state index is 12.9. The molecule has 0 radical (unpaired) electrons. The van der Waals surface area contributed by atoms with Crippen LogP contribution in [-0.4, -0.2) is 37.3 Å². The monoisotopic (exact) mass is 405 g/mol. The Kier molecular flexibility index (Phi) is 8.20. The Bertz CT molecular complexity index is 697. The van der Waals surface area contributed by atoms with Crippen molar-refractivity contribution in [1.29, 1.82) is 0 Å². The van der Waals surface area contributed by atoms with Crippen molar-refractivity contribution in [3.05, 3.63) is 35.9 Å². The van der Waals surface area contributed by atoms with Gasteiger partial charge in [0.2, 0.25) is 6.29 Å². The van der Waals surface area contributed by atoms with Crippen LogP contribution in [0, 0.1) is 11.3 Å². The highest BCUT2D eigenvalue weighted by molar-refractivity contribution is 5.89. The van der Waals surface area contributed by atoms with Crippen LogP contribution < -0.4 is 5.73 Å². The second-order valence-electron chi connectivity index (χ2n) is 7.97. The van der Waals surface area contributed by atoms with E-state index in [1.807, 2.05) is 0 Å². The van der Waals surface area contributed by atoms with Gasteiger partial charge in [-0.1, -0.05) is 51.3 Å². The van der Waals surface area contributed by atoms with Gasteiger partial charge >= 0.3 is 17.9 Å². The molecule has 2 N–H and O–H groups in total. The summed E-state index contributed by atoms with van der Waals surface area (Å²) in [6.45, 7) is 3.57. The van der Waals surface area contributed by atoms with E-state index < -0.39 is 35.7 Å². The second-order valence-corrected chi connectivity index (χ2v) is 7.97. The van der Waals surface area contributed by atoms with E-state index in [0.29, 0.717) is 18.4 Å². The van der Waals surface area contributed by atoms with Gasteiger partial charge < -0.3 is 19.9 Å². The third kappa shape index (κ3) is 6.03. The summed E-state index contributed by atoms with van der Waals surface area (Å²) in [6, 6.07) is 7.49. The molecule has 7 nitrogen and oxygen atoms in total. The molecule has 160 valence electrons. The van der Waals surface area contributed by atoms with Gasteiger partial charge in [0, 0.05) is 11.3 Å². The number of carbonyl (C=O) groups excluding carboxylic acids is 3. The number of ether oxygens (including phenoxy) is 3. The topological polar surface area (TPSA) is 105 Å². The van der Waals surface area contributed by atoms with E-state index in [1.165, 1.54) is 7.11 Å². The molecule has 0 heterocycles. The zero-order chi connectivity index (χ0) is 21.4. The number of carbonyl (C=O) groups is 3. The van der Waals surface area contributed by atoms with Crippen LogP contribution in [0.4, 0.5) is 0 Å². The minimum atomic E-state index is -1.07. The smallest absolute Gasteiger partial charge is 0.341 e. The van der Waals surface area contributed by atoms with Crippen molar-refractivity contribution < 1.29 is 28.6 Å². The van der Waals surface area contributed by atoms with Gasteiger partial charge in [0.25, 0.3) is 0 Å². The number of benzene rings is 1. The lowest BCUT2D eigenvalue weighted by atomic mass is 9.67. The minimum Gasteiger partial charge on any atom is -0.469 e. The fourth-order valence-electron chi connectivity index (χ4n) is 3.70. The van der Waals surface area contributed by atoms with Crippen molar-refractivity contribution in [2.24, 2.45) is 17.1 Å². The van der Waals surface area contributed by atoms with Crippen molar-refractivity contribution >= 4 is 17.9 Å². The SMILES string of the molecule is COC(=O)CC1(C(N)C(=O)OC(OC(=O)c2ccccc2)C(C)C)CCCCC1. The van der Waals surface area contributed by atoms with Crippen LogP contribution in [0.5, 0.6) is 0 Å². The van der Waals surface area contributed by atoms with Crippen LogP contribution in [0.25, 0.3) is 0 Å². The molecule has 2 atom stereocenters. The van der Waals surface area contributed by atoms with Crippen molar-refractivity contribution in [3.63, 3.8) is 0 Å². The van der Waals surface area contributed by atoms with E-state index in [-0.39, 0.29) is 12.3 Å². The molecule has 0 spiro atoms. The quantitative estimate of drug-likeness (QED) is 0.523. The molecule has 0 amide bonds. The molecule has 0 aliphatic heterocycles. The Morgan fingerprint density at radius 2 is 1.66 bits per heavy atom. The first-order valence-corrected chi connectivity index (χ1v) is 10.1. The molecular weight excluding hydrogens is 374 g/mol. The first-order chi connectivity index (χ1) is 13.8. The zero-order valence-corrected chi connectivity index (χ0v) is 17.4. The number of hydrogen-bond donors (Lipinski definition) is 1. The predicted molar refractivity (Wildman–Crippen MR) is 107 cm³/mol. The molecule has 1 aromatic carbocycles. The predicted octanol–water partition coefficient (Wildman–Crippen LogP) is 3.21. The molecule has 1 aliphatic rings. The number of hydrogen-bond acceptors (Lipinski definition) is 7. The lowest BCUT2D eigenvalue weighted by Crippen LogP contribution is -2.51. The molecule has 0 bridgehead atoms. The third-order valence-corrected chi connectivity index (χ3v) is 5.50. The largest absolute Gasteiger partial charge is 0.469 e. The summed E-state index contributed by atoms with van der Waals surface area (Å²) in [7, 11) is 1.32. The first kappa shape index (κ1) is 22.9. The number of nitrogens with two attached hydrogens (primary N) is 1. The minimum absolute atomic E-state index is 0.0654. The van der Waals surface area contributed by atoms with Crippen LogP contribution in [0.2, 0.25) is 0 Å². The Morgan fingerprint density at radius 3 is 2.21 bits per heavy atom. The maximum atomic E-state index is 12.9. The molecular formula is C22H31NO6. The van der Waals surface area contributed by atoms with Crippen LogP contribution in [0.15, 0.2) is 30.3 Å². The van der Waals surface area contributed by atoms with Crippen molar-refractivity contribution in [3.8, 4) is 0 Å². The van der Waals surface area contributed by atoms with Crippen molar-refractivity contribution in [1.82, 2.24) is 0 Å². The van der Waals surface area contributed by atoms with Gasteiger partial charge in [-0.3, -0.25) is 9.59 Å². The summed E-state index contributed by atoms with van der Waals surface area (Å²) in [5, 5.41) is 0. The fourth-order valence-corrected chi connectivity index (χ4v) is 3.70. The summed E-state index contributed by atoms with van der Waals surface area (Å²) in [5.41, 5.74) is 5.96. The first-order valence-electron chi connectivity index (χ1n) is 10.1. The summed E-state index contributed by atoms with van der Waals surface area (Å²) in [5.74, 6) is -1.91. The van der Waals surface area contributed by atoms with E-state index in [0.717, 1.165) is 19.3 Å². The van der Waals surface area contributed by atoms with Crippen LogP contribution in [-0.2, 0) is 23.8 Å². The molecule has 0 saturated heterocycles. The number of esters is 3. The summed E-state index contributed by atoms with van der Waals surface area (Å²) >= 11 is 0. The average Bonchev–Trinajstić information content (AvgIpc) is 2.73. The lowest BCUT2D eigenvalue weighted by molar-refractivity contribution is -0.181. The van der Waals surface area contributed by atoms with E-state index >= 15 is 0 Å². The van der Waals surface area contributed by atoms with Crippen LogP contribution in [0.1, 0.15) is 62.7 Å². The van der Waals surface area contributed by atoms with Gasteiger partial charge in [0.05, 0.1) is 19.1 Å². The third-order valence-electron chi connectivity index (χ3n) is 5.50. The second kappa shape index (κ2) is 10.4. The Morgan fingerprint density at radius 1 is 1.03 bits per heavy atom. The Balaban J connectivity index is 2.10. The van der Waals surface area contributed by atoms with Gasteiger partial charge in [0.15, 0.2) is 0 Å². The standard InChI is InChI=1S/C22H31NO6/c1-15(2)21(28-19(25)16-10-6-4-7-11-16)29-20(26)18(23)22(14-17(24)27-3)12-8-5-9-13-22/h4,6-7,10-11,15,18,21H,5,8-9,12-14,23H2,1-3H3. The number of rotatable bonds is 8. The highest BCUT2D eigenvalue weighted by Gasteiger charge is 2.45. The molecule has 2 rings (SSSR count). The van der Waals surface area contributed by atoms with Crippen molar-refractivity contribution in [2.45, 2.75) is 64.7 Å². The van der Waals surface area contributed by atoms with E-state index in [9.17, 15) is 14.4 Å². The van der Waals surface area contributed by atoms with Gasteiger partial charge in [-0.25, -0.2) is 4.79 Å². The molecule has 1 aliphatic carbocycles. The van der Waals surface area contributed by atoms with E-state index in [1.54, 1.807) is 44.2 Å². The Labute approximate surface area is 171 Å². The van der Waals surface area contributed by atoms with Gasteiger partial charge in [0.1, 0.15) is 6.04 Å². The molecule has 1 aromatic rings. The Hall–Kier alpha value is -2.41. The number of methoxy groups -OCH3 is 1. The molecule has 1 fully saturated rings. The van der Waals surface area contributed by atoms with E-state index in [2.05, 4.69) is 0 Å². The van der Waals surface area contributed by atoms with Crippen molar-refractivity contribution in [2.75, 3.05) is 7.11 Å². The lowest BCUT2D eigenvalue weighted by Gasteiger charge is -2.40. The summed E-state index contributed by atoms with van der Waals surface area (Å²) in [6.07, 6.45) is 3.09. The summed E-state index contributed by atoms with van der Waals surface area (Å²) in [4.78, 5) is 37.2. The van der Waals surface area contributed by atoms with Gasteiger partial charge in [-0.15, -0.1) is 0 Å². The maximum Gasteiger partial charge on any atom is 0.341 e. The highest BCUT2D eigenvalue weighted by atomic mass is 16.7. The zero-order valence-electron chi connectivity index (χ0n) is 17.4. The normalized spacial score (nSPS) is 17.8. The molecule has 1 saturated carbocycles. The van der Waals surface area contributed by atoms with Crippen LogP contribution in [0.3, 0.4) is 0 Å². The van der Waals surface area contributed by atoms with Gasteiger partial charge in [-0.05, 0) is 25.0 Å². The fraction of sp³-hybridized carbons (Fsp3) is 0.591. The summed E-state index contributed by atoms with van der Waals surface area (Å²) < 4.78 is 15.7. The van der Waals surface area contributed by atoms with E-state index in [4.69, 9.17) is 19.9 Å². The van der Waals surface area contributed by atoms with Crippen LogP contribution >= 0.6 is 0 Å². The molecule has 7 heteroatoms.